The second kappa shape index (κ2) is 5.03. The molecule has 0 aromatic carbocycles. The molecule has 2 aromatic rings. The zero-order valence-electron chi connectivity index (χ0n) is 9.80. The number of aromatic nitrogens is 3. The Labute approximate surface area is 113 Å². The lowest BCUT2D eigenvalue weighted by atomic mass is 10.4. The fraction of sp³-hybridized carbons (Fsp3) is 0.333. The minimum absolute atomic E-state index is 0.0344. The van der Waals surface area contributed by atoms with Crippen LogP contribution in [-0.4, -0.2) is 14.3 Å². The van der Waals surface area contributed by atoms with Crippen molar-refractivity contribution in [1.29, 1.82) is 0 Å². The van der Waals surface area contributed by atoms with Crippen LogP contribution < -0.4 is 5.56 Å². The van der Waals surface area contributed by atoms with E-state index in [-0.39, 0.29) is 5.56 Å². The van der Waals surface area contributed by atoms with Crippen molar-refractivity contribution in [2.45, 2.75) is 26.4 Å². The van der Waals surface area contributed by atoms with E-state index in [1.807, 2.05) is 51.7 Å². The first-order valence-electron chi connectivity index (χ1n) is 5.47. The average Bonchev–Trinajstić information content (AvgIpc) is 2.73. The third-order valence-electron chi connectivity index (χ3n) is 2.50. The molecule has 4 nitrogen and oxygen atoms in total. The molecule has 0 saturated heterocycles. The summed E-state index contributed by atoms with van der Waals surface area (Å²) in [6, 6.07) is 5.98. The number of hydrogen-bond donors (Lipinski definition) is 0. The van der Waals surface area contributed by atoms with Gasteiger partial charge in [-0.15, -0.1) is 0 Å². The van der Waals surface area contributed by atoms with Crippen LogP contribution in [0.2, 0.25) is 0 Å². The Balaban J connectivity index is 2.26. The van der Waals surface area contributed by atoms with Crippen LogP contribution in [0.5, 0.6) is 0 Å². The molecule has 0 N–H and O–H groups in total. The molecular weight excluding hydrogens is 329 g/mol. The van der Waals surface area contributed by atoms with Crippen molar-refractivity contribution in [3.05, 3.63) is 50.2 Å². The first-order chi connectivity index (χ1) is 8.08. The minimum atomic E-state index is 0.0344. The maximum Gasteiger partial charge on any atom is 0.264 e. The molecular formula is C12H14IN3O. The van der Waals surface area contributed by atoms with Crippen LogP contribution >= 0.6 is 22.6 Å². The van der Waals surface area contributed by atoms with Crippen molar-refractivity contribution < 1.29 is 0 Å². The van der Waals surface area contributed by atoms with E-state index in [1.165, 1.54) is 0 Å². The maximum absolute atomic E-state index is 11.8. The highest BCUT2D eigenvalue weighted by atomic mass is 127. The summed E-state index contributed by atoms with van der Waals surface area (Å²) >= 11 is 2.05. The van der Waals surface area contributed by atoms with Gasteiger partial charge in [-0.25, -0.2) is 0 Å². The molecule has 0 aliphatic heterocycles. The lowest BCUT2D eigenvalue weighted by Crippen LogP contribution is -2.22. The Kier molecular flexibility index (Phi) is 3.66. The largest absolute Gasteiger partial charge is 0.309 e. The molecule has 0 aliphatic rings. The zero-order chi connectivity index (χ0) is 12.4. The minimum Gasteiger partial charge on any atom is -0.309 e. The summed E-state index contributed by atoms with van der Waals surface area (Å²) in [6.45, 7) is 4.68. The average molecular weight is 343 g/mol. The van der Waals surface area contributed by atoms with Crippen LogP contribution in [0.4, 0.5) is 0 Å². The van der Waals surface area contributed by atoms with Gasteiger partial charge < -0.3 is 4.57 Å². The fourth-order valence-corrected chi connectivity index (χ4v) is 2.07. The Morgan fingerprint density at radius 2 is 2.12 bits per heavy atom. The third-order valence-corrected chi connectivity index (χ3v) is 3.32. The molecule has 0 aliphatic carbocycles. The summed E-state index contributed by atoms with van der Waals surface area (Å²) in [6.07, 6.45) is 3.73. The van der Waals surface area contributed by atoms with Crippen molar-refractivity contribution in [3.63, 3.8) is 0 Å². The molecule has 90 valence electrons. The van der Waals surface area contributed by atoms with E-state index in [4.69, 9.17) is 0 Å². The van der Waals surface area contributed by atoms with Crippen molar-refractivity contribution in [3.8, 4) is 0 Å². The second-order valence-corrected chi connectivity index (χ2v) is 5.33. The van der Waals surface area contributed by atoms with Gasteiger partial charge in [0.1, 0.15) is 0 Å². The van der Waals surface area contributed by atoms with Gasteiger partial charge >= 0.3 is 0 Å². The van der Waals surface area contributed by atoms with Gasteiger partial charge in [0.15, 0.2) is 0 Å². The normalized spacial score (nSPS) is 11.1. The number of halogens is 1. The van der Waals surface area contributed by atoms with E-state index < -0.39 is 0 Å². The number of nitrogens with zero attached hydrogens (tertiary/aromatic N) is 3. The van der Waals surface area contributed by atoms with Crippen molar-refractivity contribution in [2.24, 2.45) is 0 Å². The topological polar surface area (TPSA) is 39.8 Å². The maximum atomic E-state index is 11.8. The monoisotopic (exact) mass is 343 g/mol. The molecule has 5 heteroatoms. The standard InChI is InChI=1S/C12H14IN3O/c1-9(2)16-7-5-10(14-16)8-15-6-3-4-11(13)12(15)17/h3-7,9H,8H2,1-2H3. The van der Waals surface area contributed by atoms with Gasteiger partial charge in [0, 0.05) is 18.4 Å². The lowest BCUT2D eigenvalue weighted by Gasteiger charge is -2.05. The van der Waals surface area contributed by atoms with Gasteiger partial charge in [-0.2, -0.15) is 5.10 Å². The highest BCUT2D eigenvalue weighted by Crippen LogP contribution is 2.05. The molecule has 2 aromatic heterocycles. The first kappa shape index (κ1) is 12.3. The second-order valence-electron chi connectivity index (χ2n) is 4.17. The summed E-state index contributed by atoms with van der Waals surface area (Å²) in [5, 5.41) is 4.43. The van der Waals surface area contributed by atoms with E-state index in [2.05, 4.69) is 18.9 Å². The molecule has 0 unspecified atom stereocenters. The Morgan fingerprint density at radius 1 is 1.35 bits per heavy atom. The molecule has 0 radical (unpaired) electrons. The SMILES string of the molecule is CC(C)n1ccc(Cn2cccc(I)c2=O)n1. The quantitative estimate of drug-likeness (QED) is 0.803. The van der Waals surface area contributed by atoms with Crippen molar-refractivity contribution in [1.82, 2.24) is 14.3 Å². The van der Waals surface area contributed by atoms with Gasteiger partial charge in [-0.1, -0.05) is 0 Å². The third kappa shape index (κ3) is 2.77. The molecule has 2 rings (SSSR count). The van der Waals surface area contributed by atoms with Gasteiger partial charge in [0.25, 0.3) is 5.56 Å². The molecule has 17 heavy (non-hydrogen) atoms. The van der Waals surface area contributed by atoms with E-state index in [1.54, 1.807) is 10.8 Å². The molecule has 0 fully saturated rings. The van der Waals surface area contributed by atoms with Crippen LogP contribution in [0.25, 0.3) is 0 Å². The molecule has 0 spiro atoms. The summed E-state index contributed by atoms with van der Waals surface area (Å²) < 4.78 is 4.30. The van der Waals surface area contributed by atoms with Crippen LogP contribution in [0.3, 0.4) is 0 Å². The lowest BCUT2D eigenvalue weighted by molar-refractivity contribution is 0.523. The predicted octanol–water partition coefficient (Wildman–Crippen LogP) is 2.28. The Morgan fingerprint density at radius 3 is 2.76 bits per heavy atom. The van der Waals surface area contributed by atoms with Crippen LogP contribution in [0.1, 0.15) is 25.6 Å². The predicted molar refractivity (Wildman–Crippen MR) is 75.1 cm³/mol. The number of rotatable bonds is 3. The van der Waals surface area contributed by atoms with Crippen LogP contribution in [0, 0.1) is 3.57 Å². The van der Waals surface area contributed by atoms with E-state index >= 15 is 0 Å². The zero-order valence-corrected chi connectivity index (χ0v) is 12.0. The highest BCUT2D eigenvalue weighted by Gasteiger charge is 2.05. The van der Waals surface area contributed by atoms with Crippen LogP contribution in [-0.2, 0) is 6.54 Å². The molecule has 0 atom stereocenters. The number of hydrogen-bond acceptors (Lipinski definition) is 2. The molecule has 0 saturated carbocycles. The summed E-state index contributed by atoms with van der Waals surface area (Å²) in [4.78, 5) is 11.8. The molecule has 0 amide bonds. The van der Waals surface area contributed by atoms with E-state index in [0.29, 0.717) is 12.6 Å². The Hall–Kier alpha value is -1.11. The van der Waals surface area contributed by atoms with Gasteiger partial charge in [-0.3, -0.25) is 9.48 Å². The summed E-state index contributed by atoms with van der Waals surface area (Å²) in [5.41, 5.74) is 0.940. The van der Waals surface area contributed by atoms with Crippen molar-refractivity contribution in [2.75, 3.05) is 0 Å². The van der Waals surface area contributed by atoms with Gasteiger partial charge in [0.2, 0.25) is 0 Å². The first-order valence-corrected chi connectivity index (χ1v) is 6.55. The molecule has 2 heterocycles. The van der Waals surface area contributed by atoms with Crippen molar-refractivity contribution >= 4 is 22.6 Å². The van der Waals surface area contributed by atoms with Crippen LogP contribution in [0.15, 0.2) is 35.4 Å². The summed E-state index contributed by atoms with van der Waals surface area (Å²) in [7, 11) is 0. The van der Waals surface area contributed by atoms with E-state index in [0.717, 1.165) is 9.26 Å². The van der Waals surface area contributed by atoms with E-state index in [9.17, 15) is 4.79 Å². The number of pyridine rings is 1. The molecule has 0 bridgehead atoms. The van der Waals surface area contributed by atoms with Gasteiger partial charge in [0.05, 0.1) is 15.8 Å². The summed E-state index contributed by atoms with van der Waals surface area (Å²) in [5.74, 6) is 0. The fourth-order valence-electron chi connectivity index (χ4n) is 1.56. The highest BCUT2D eigenvalue weighted by molar-refractivity contribution is 14.1. The smallest absolute Gasteiger partial charge is 0.264 e. The Bertz CT molecular complexity index is 571. The van der Waals surface area contributed by atoms with Gasteiger partial charge in [-0.05, 0) is 54.6 Å².